The minimum atomic E-state index is -0.811. The Labute approximate surface area is 174 Å². The summed E-state index contributed by atoms with van der Waals surface area (Å²) >= 11 is 0. The van der Waals surface area contributed by atoms with Crippen LogP contribution in [-0.4, -0.2) is 37.8 Å². The highest BCUT2D eigenvalue weighted by Crippen LogP contribution is 2.12. The molecular formula is C23H21NO6. The summed E-state index contributed by atoms with van der Waals surface area (Å²) in [5.41, 5.74) is 0.590. The smallest absolute Gasteiger partial charge is 0.354 e. The molecule has 0 heterocycles. The summed E-state index contributed by atoms with van der Waals surface area (Å²) in [6.45, 7) is 0. The van der Waals surface area contributed by atoms with Gasteiger partial charge in [0.25, 0.3) is 5.91 Å². The number of esters is 2. The molecule has 30 heavy (non-hydrogen) atoms. The van der Waals surface area contributed by atoms with Crippen molar-refractivity contribution >= 4 is 23.6 Å². The molecule has 0 fully saturated rings. The van der Waals surface area contributed by atoms with E-state index in [0.29, 0.717) is 11.1 Å². The van der Waals surface area contributed by atoms with E-state index in [1.165, 1.54) is 19.3 Å². The Hall–Kier alpha value is -4.00. The van der Waals surface area contributed by atoms with Crippen LogP contribution in [-0.2, 0) is 19.1 Å². The van der Waals surface area contributed by atoms with Crippen LogP contribution in [0.5, 0.6) is 0 Å². The van der Waals surface area contributed by atoms with Crippen molar-refractivity contribution in [2.45, 2.75) is 6.42 Å². The fraction of sp³-hybridized carbons (Fsp3) is 0.130. The normalized spacial score (nSPS) is 11.4. The lowest BCUT2D eigenvalue weighted by atomic mass is 10.0. The third kappa shape index (κ3) is 6.27. The Kier molecular flexibility index (Phi) is 8.26. The van der Waals surface area contributed by atoms with Crippen molar-refractivity contribution in [1.82, 2.24) is 5.32 Å². The molecule has 0 atom stereocenters. The van der Waals surface area contributed by atoms with Crippen LogP contribution in [0, 0.1) is 0 Å². The van der Waals surface area contributed by atoms with Crippen LogP contribution < -0.4 is 5.32 Å². The van der Waals surface area contributed by atoms with E-state index in [9.17, 15) is 19.2 Å². The minimum absolute atomic E-state index is 0.0155. The van der Waals surface area contributed by atoms with E-state index in [0.717, 1.165) is 7.11 Å². The number of Topliss-reactive ketones (excluding diaryl/α,β-unsaturated/α-hetero) is 1. The Morgan fingerprint density at radius 2 is 1.30 bits per heavy atom. The van der Waals surface area contributed by atoms with E-state index in [-0.39, 0.29) is 23.5 Å². The van der Waals surface area contributed by atoms with Crippen LogP contribution >= 0.6 is 0 Å². The fourth-order valence-corrected chi connectivity index (χ4v) is 2.47. The molecule has 0 spiro atoms. The van der Waals surface area contributed by atoms with Crippen LogP contribution in [0.15, 0.2) is 84.1 Å². The molecule has 0 aliphatic carbocycles. The number of allylic oxidation sites excluding steroid dienone is 2. The zero-order valence-corrected chi connectivity index (χ0v) is 16.6. The molecule has 0 saturated carbocycles. The molecule has 0 bridgehead atoms. The maximum atomic E-state index is 12.4. The molecule has 7 nitrogen and oxygen atoms in total. The Balaban J connectivity index is 2.29. The largest absolute Gasteiger partial charge is 0.466 e. The number of carbonyl (C=O) groups excluding carboxylic acids is 4. The van der Waals surface area contributed by atoms with Crippen LogP contribution in [0.3, 0.4) is 0 Å². The molecule has 0 radical (unpaired) electrons. The maximum Gasteiger partial charge on any atom is 0.354 e. The predicted molar refractivity (Wildman–Crippen MR) is 109 cm³/mol. The number of hydrogen-bond acceptors (Lipinski definition) is 6. The van der Waals surface area contributed by atoms with Gasteiger partial charge in [-0.2, -0.15) is 0 Å². The van der Waals surface area contributed by atoms with Gasteiger partial charge in [0.05, 0.1) is 14.2 Å². The Morgan fingerprint density at radius 1 is 0.767 bits per heavy atom. The maximum absolute atomic E-state index is 12.4. The number of amides is 1. The zero-order valence-electron chi connectivity index (χ0n) is 16.6. The first-order valence-corrected chi connectivity index (χ1v) is 8.98. The second-order valence-corrected chi connectivity index (χ2v) is 6.04. The summed E-state index contributed by atoms with van der Waals surface area (Å²) in [6.07, 6.45) is 2.22. The van der Waals surface area contributed by atoms with E-state index in [4.69, 9.17) is 4.74 Å². The summed E-state index contributed by atoms with van der Waals surface area (Å²) < 4.78 is 9.41. The first-order valence-electron chi connectivity index (χ1n) is 8.98. The van der Waals surface area contributed by atoms with E-state index < -0.39 is 17.8 Å². The average Bonchev–Trinajstić information content (AvgIpc) is 2.80. The van der Waals surface area contributed by atoms with E-state index in [1.807, 2.05) is 0 Å². The molecule has 0 saturated heterocycles. The molecule has 0 aliphatic heterocycles. The van der Waals surface area contributed by atoms with Crippen molar-refractivity contribution in [1.29, 1.82) is 0 Å². The van der Waals surface area contributed by atoms with Crippen LogP contribution in [0.1, 0.15) is 27.1 Å². The number of ketones is 1. The van der Waals surface area contributed by atoms with Crippen LogP contribution in [0.4, 0.5) is 0 Å². The van der Waals surface area contributed by atoms with Gasteiger partial charge in [0.15, 0.2) is 5.78 Å². The molecule has 2 aromatic carbocycles. The third-order valence-electron chi connectivity index (χ3n) is 4.04. The highest BCUT2D eigenvalue weighted by Gasteiger charge is 2.17. The molecule has 0 aromatic heterocycles. The summed E-state index contributed by atoms with van der Waals surface area (Å²) in [7, 11) is 2.35. The molecule has 2 aromatic rings. The number of ether oxygens (including phenoxy) is 2. The van der Waals surface area contributed by atoms with Crippen molar-refractivity contribution in [2.24, 2.45) is 0 Å². The van der Waals surface area contributed by atoms with Crippen molar-refractivity contribution < 1.29 is 28.7 Å². The molecule has 2 rings (SSSR count). The minimum Gasteiger partial charge on any atom is -0.466 e. The van der Waals surface area contributed by atoms with Gasteiger partial charge in [-0.3, -0.25) is 9.59 Å². The fourth-order valence-electron chi connectivity index (χ4n) is 2.47. The lowest BCUT2D eigenvalue weighted by molar-refractivity contribution is -0.137. The molecule has 154 valence electrons. The van der Waals surface area contributed by atoms with E-state index >= 15 is 0 Å². The highest BCUT2D eigenvalue weighted by atomic mass is 16.5. The topological polar surface area (TPSA) is 98.8 Å². The number of carbonyl (C=O) groups is 4. The average molecular weight is 407 g/mol. The van der Waals surface area contributed by atoms with Gasteiger partial charge in [0, 0.05) is 23.1 Å². The Morgan fingerprint density at radius 3 is 1.83 bits per heavy atom. The number of nitrogens with one attached hydrogen (secondary N) is 1. The van der Waals surface area contributed by atoms with Crippen molar-refractivity contribution in [3.63, 3.8) is 0 Å². The molecule has 0 unspecified atom stereocenters. The van der Waals surface area contributed by atoms with Gasteiger partial charge in [-0.15, -0.1) is 0 Å². The van der Waals surface area contributed by atoms with E-state index in [1.54, 1.807) is 60.7 Å². The predicted octanol–water partition coefficient (Wildman–Crippen LogP) is 2.85. The van der Waals surface area contributed by atoms with E-state index in [2.05, 4.69) is 10.1 Å². The summed E-state index contributed by atoms with van der Waals surface area (Å²) in [5.74, 6) is -2.36. The van der Waals surface area contributed by atoms with Crippen LogP contribution in [0.25, 0.3) is 0 Å². The Bertz CT molecular complexity index is 896. The quantitative estimate of drug-likeness (QED) is 0.313. The van der Waals surface area contributed by atoms with Gasteiger partial charge in [-0.05, 0) is 24.3 Å². The summed E-state index contributed by atoms with van der Waals surface area (Å²) in [5, 5.41) is 2.45. The second kappa shape index (κ2) is 11.1. The van der Waals surface area contributed by atoms with Crippen molar-refractivity contribution in [3.05, 3.63) is 95.2 Å². The summed E-state index contributed by atoms with van der Waals surface area (Å²) in [6, 6.07) is 16.7. The monoisotopic (exact) mass is 407 g/mol. The molecule has 1 N–H and O–H groups in total. The molecule has 1 amide bonds. The van der Waals surface area contributed by atoms with Crippen molar-refractivity contribution in [3.8, 4) is 0 Å². The lowest BCUT2D eigenvalue weighted by Gasteiger charge is -2.08. The third-order valence-corrected chi connectivity index (χ3v) is 4.04. The SMILES string of the molecule is COC(=O)/C(=C\C=C(/NC(=O)c1ccccc1)C(=O)OC)CC(=O)c1ccccc1. The van der Waals surface area contributed by atoms with Gasteiger partial charge in [0.2, 0.25) is 0 Å². The lowest BCUT2D eigenvalue weighted by Crippen LogP contribution is -2.28. The van der Waals surface area contributed by atoms with Gasteiger partial charge in [0.1, 0.15) is 5.70 Å². The van der Waals surface area contributed by atoms with Crippen molar-refractivity contribution in [2.75, 3.05) is 14.2 Å². The molecule has 0 aliphatic rings. The van der Waals surface area contributed by atoms with Gasteiger partial charge in [-0.25, -0.2) is 9.59 Å². The molecular weight excluding hydrogens is 386 g/mol. The van der Waals surface area contributed by atoms with Gasteiger partial charge < -0.3 is 14.8 Å². The van der Waals surface area contributed by atoms with Crippen LogP contribution in [0.2, 0.25) is 0 Å². The first-order chi connectivity index (χ1) is 14.5. The number of rotatable bonds is 8. The zero-order chi connectivity index (χ0) is 21.9. The number of methoxy groups -OCH3 is 2. The number of hydrogen-bond donors (Lipinski definition) is 1. The number of benzene rings is 2. The highest BCUT2D eigenvalue weighted by molar-refractivity contribution is 6.04. The van der Waals surface area contributed by atoms with Gasteiger partial charge >= 0.3 is 11.9 Å². The second-order valence-electron chi connectivity index (χ2n) is 6.04. The molecule has 7 heteroatoms. The standard InChI is InChI=1S/C23H21NO6/c1-29-22(27)18(15-20(25)16-9-5-3-6-10-16)13-14-19(23(28)30-2)24-21(26)17-11-7-4-8-12-17/h3-14H,15H2,1-2H3,(H,24,26)/b18-13-,19-14-. The van der Waals surface area contributed by atoms with Gasteiger partial charge in [-0.1, -0.05) is 48.5 Å². The summed E-state index contributed by atoms with van der Waals surface area (Å²) in [4.78, 5) is 48.9. The first kappa shape index (κ1) is 22.3.